The summed E-state index contributed by atoms with van der Waals surface area (Å²) in [5.41, 5.74) is 0.722. The minimum atomic E-state index is -0.389. The minimum Gasteiger partial charge on any atom is -0.340 e. The van der Waals surface area contributed by atoms with Crippen LogP contribution in [0.5, 0.6) is 0 Å². The van der Waals surface area contributed by atoms with Gasteiger partial charge in [0.2, 0.25) is 5.91 Å². The fraction of sp³-hybridized carbons (Fsp3) is 0.571. The van der Waals surface area contributed by atoms with Crippen LogP contribution >= 0.6 is 0 Å². The molecule has 1 aliphatic rings. The highest BCUT2D eigenvalue weighted by atomic mass is 16.2. The molecule has 1 saturated heterocycles. The van der Waals surface area contributed by atoms with Crippen molar-refractivity contribution < 1.29 is 4.79 Å². The Labute approximate surface area is 108 Å². The van der Waals surface area contributed by atoms with Crippen molar-refractivity contribution in [2.24, 2.45) is 0 Å². The van der Waals surface area contributed by atoms with Crippen LogP contribution in [0.15, 0.2) is 24.5 Å². The summed E-state index contributed by atoms with van der Waals surface area (Å²) < 4.78 is 0. The van der Waals surface area contributed by atoms with Crippen LogP contribution < -0.4 is 5.32 Å². The molecule has 0 bridgehead atoms. The number of nitrogens with zero attached hydrogens (tertiary/aromatic N) is 2. The van der Waals surface area contributed by atoms with E-state index in [9.17, 15) is 4.79 Å². The lowest BCUT2D eigenvalue weighted by Crippen LogP contribution is -2.57. The van der Waals surface area contributed by atoms with Gasteiger partial charge in [0.15, 0.2) is 0 Å². The molecule has 1 atom stereocenters. The first kappa shape index (κ1) is 13.0. The molecule has 0 aliphatic carbocycles. The van der Waals surface area contributed by atoms with Gasteiger partial charge in [-0.25, -0.2) is 0 Å². The molecule has 1 aromatic heterocycles. The molecule has 0 aromatic carbocycles. The molecule has 4 heteroatoms. The molecule has 18 heavy (non-hydrogen) atoms. The standard InChI is InChI=1S/C14H21N3O/c1-14(7-3-4-8-16-14)13(18)17(2)11-12-5-9-15-10-6-12/h5-6,9-10,16H,3-4,7-8,11H2,1-2H3. The topological polar surface area (TPSA) is 45.2 Å². The largest absolute Gasteiger partial charge is 0.340 e. The summed E-state index contributed by atoms with van der Waals surface area (Å²) in [4.78, 5) is 18.3. The van der Waals surface area contributed by atoms with E-state index in [2.05, 4.69) is 10.3 Å². The zero-order valence-electron chi connectivity index (χ0n) is 11.1. The summed E-state index contributed by atoms with van der Waals surface area (Å²) in [7, 11) is 1.87. The molecule has 0 radical (unpaired) electrons. The number of amides is 1. The minimum absolute atomic E-state index is 0.180. The summed E-state index contributed by atoms with van der Waals surface area (Å²) in [5.74, 6) is 0.180. The zero-order valence-corrected chi connectivity index (χ0v) is 11.1. The molecule has 4 nitrogen and oxygen atoms in total. The number of nitrogens with one attached hydrogen (secondary N) is 1. The van der Waals surface area contributed by atoms with Crippen LogP contribution in [0.4, 0.5) is 0 Å². The maximum absolute atomic E-state index is 12.5. The number of rotatable bonds is 3. The van der Waals surface area contributed by atoms with Gasteiger partial charge >= 0.3 is 0 Å². The molecule has 1 aromatic rings. The van der Waals surface area contributed by atoms with E-state index in [-0.39, 0.29) is 11.4 Å². The van der Waals surface area contributed by atoms with E-state index in [0.29, 0.717) is 6.54 Å². The third-order valence-corrected chi connectivity index (χ3v) is 3.61. The van der Waals surface area contributed by atoms with Crippen LogP contribution in [0.3, 0.4) is 0 Å². The monoisotopic (exact) mass is 247 g/mol. The van der Waals surface area contributed by atoms with E-state index in [1.54, 1.807) is 17.3 Å². The summed E-state index contributed by atoms with van der Waals surface area (Å²) >= 11 is 0. The number of hydrogen-bond donors (Lipinski definition) is 1. The third-order valence-electron chi connectivity index (χ3n) is 3.61. The van der Waals surface area contributed by atoms with E-state index in [4.69, 9.17) is 0 Å². The normalized spacial score (nSPS) is 23.7. The number of pyridine rings is 1. The SMILES string of the molecule is CN(Cc1ccncc1)C(=O)C1(C)CCCCN1. The zero-order chi connectivity index (χ0) is 13.0. The Hall–Kier alpha value is -1.42. The van der Waals surface area contributed by atoms with Crippen LogP contribution in [0, 0.1) is 0 Å². The first-order valence-corrected chi connectivity index (χ1v) is 6.51. The van der Waals surface area contributed by atoms with Crippen LogP contribution in [0.2, 0.25) is 0 Å². The van der Waals surface area contributed by atoms with Crippen molar-refractivity contribution >= 4 is 5.91 Å². The second-order valence-electron chi connectivity index (χ2n) is 5.23. The summed E-state index contributed by atoms with van der Waals surface area (Å²) in [6.45, 7) is 3.58. The molecule has 0 spiro atoms. The average molecular weight is 247 g/mol. The number of piperidine rings is 1. The lowest BCUT2D eigenvalue weighted by atomic mass is 9.89. The average Bonchev–Trinajstić information content (AvgIpc) is 2.40. The van der Waals surface area contributed by atoms with Gasteiger partial charge in [0.25, 0.3) is 0 Å². The van der Waals surface area contributed by atoms with Crippen LogP contribution in [-0.4, -0.2) is 34.9 Å². The highest BCUT2D eigenvalue weighted by Gasteiger charge is 2.36. The predicted molar refractivity (Wildman–Crippen MR) is 71.0 cm³/mol. The molecule has 0 saturated carbocycles. The molecule has 1 amide bonds. The first-order valence-electron chi connectivity index (χ1n) is 6.51. The Morgan fingerprint density at radius 2 is 2.17 bits per heavy atom. The maximum Gasteiger partial charge on any atom is 0.242 e. The second kappa shape index (κ2) is 5.48. The summed E-state index contributed by atoms with van der Waals surface area (Å²) in [5, 5.41) is 3.36. The van der Waals surface area contributed by atoms with Crippen LogP contribution in [-0.2, 0) is 11.3 Å². The van der Waals surface area contributed by atoms with Gasteiger partial charge in [-0.05, 0) is 50.4 Å². The Balaban J connectivity index is 2.00. The Kier molecular flexibility index (Phi) is 3.97. The van der Waals surface area contributed by atoms with E-state index in [0.717, 1.165) is 31.4 Å². The van der Waals surface area contributed by atoms with Gasteiger partial charge in [0.05, 0.1) is 5.54 Å². The van der Waals surface area contributed by atoms with E-state index in [1.807, 2.05) is 26.1 Å². The lowest BCUT2D eigenvalue weighted by Gasteiger charge is -2.36. The molecule has 2 rings (SSSR count). The molecule has 98 valence electrons. The number of carbonyl (C=O) groups is 1. The number of likely N-dealkylation sites (N-methyl/N-ethyl adjacent to an activating group) is 1. The number of aromatic nitrogens is 1. The van der Waals surface area contributed by atoms with Crippen molar-refractivity contribution in [1.29, 1.82) is 0 Å². The fourth-order valence-corrected chi connectivity index (χ4v) is 2.49. The van der Waals surface area contributed by atoms with Crippen molar-refractivity contribution in [3.8, 4) is 0 Å². The van der Waals surface area contributed by atoms with Gasteiger partial charge in [-0.15, -0.1) is 0 Å². The lowest BCUT2D eigenvalue weighted by molar-refractivity contribution is -0.137. The number of carbonyl (C=O) groups excluding carboxylic acids is 1. The van der Waals surface area contributed by atoms with Crippen molar-refractivity contribution in [2.45, 2.75) is 38.3 Å². The van der Waals surface area contributed by atoms with Gasteiger partial charge in [-0.3, -0.25) is 9.78 Å². The summed E-state index contributed by atoms with van der Waals surface area (Å²) in [6.07, 6.45) is 6.73. The van der Waals surface area contributed by atoms with Gasteiger partial charge < -0.3 is 10.2 Å². The summed E-state index contributed by atoms with van der Waals surface area (Å²) in [6, 6.07) is 3.89. The molecule has 1 N–H and O–H groups in total. The van der Waals surface area contributed by atoms with Crippen LogP contribution in [0.25, 0.3) is 0 Å². The highest BCUT2D eigenvalue weighted by molar-refractivity contribution is 5.85. The molecular formula is C14H21N3O. The molecular weight excluding hydrogens is 226 g/mol. The van der Waals surface area contributed by atoms with Gasteiger partial charge in [0, 0.05) is 26.0 Å². The van der Waals surface area contributed by atoms with E-state index >= 15 is 0 Å². The van der Waals surface area contributed by atoms with Crippen molar-refractivity contribution in [1.82, 2.24) is 15.2 Å². The van der Waals surface area contributed by atoms with Crippen LogP contribution in [0.1, 0.15) is 31.7 Å². The third kappa shape index (κ3) is 2.88. The van der Waals surface area contributed by atoms with Crippen molar-refractivity contribution in [2.75, 3.05) is 13.6 Å². The Bertz CT molecular complexity index is 399. The van der Waals surface area contributed by atoms with E-state index in [1.165, 1.54) is 0 Å². The maximum atomic E-state index is 12.5. The number of hydrogen-bond acceptors (Lipinski definition) is 3. The molecule has 1 unspecified atom stereocenters. The van der Waals surface area contributed by atoms with E-state index < -0.39 is 0 Å². The quantitative estimate of drug-likeness (QED) is 0.882. The molecule has 2 heterocycles. The van der Waals surface area contributed by atoms with Gasteiger partial charge in [-0.2, -0.15) is 0 Å². The van der Waals surface area contributed by atoms with Crippen molar-refractivity contribution in [3.05, 3.63) is 30.1 Å². The molecule has 1 aliphatic heterocycles. The first-order chi connectivity index (χ1) is 8.62. The fourth-order valence-electron chi connectivity index (χ4n) is 2.49. The van der Waals surface area contributed by atoms with Gasteiger partial charge in [0.1, 0.15) is 0 Å². The predicted octanol–water partition coefficient (Wildman–Crippen LogP) is 1.57. The van der Waals surface area contributed by atoms with Gasteiger partial charge in [-0.1, -0.05) is 0 Å². The second-order valence-corrected chi connectivity index (χ2v) is 5.23. The highest BCUT2D eigenvalue weighted by Crippen LogP contribution is 2.21. The van der Waals surface area contributed by atoms with Crippen molar-refractivity contribution in [3.63, 3.8) is 0 Å². The Morgan fingerprint density at radius 1 is 1.44 bits per heavy atom. The molecule has 1 fully saturated rings. The smallest absolute Gasteiger partial charge is 0.242 e. The Morgan fingerprint density at radius 3 is 2.78 bits per heavy atom.